The molecule has 0 spiro atoms. The van der Waals surface area contributed by atoms with Crippen LogP contribution in [0.4, 0.5) is 0 Å². The van der Waals surface area contributed by atoms with Gasteiger partial charge in [0.05, 0.1) is 20.8 Å². The quantitative estimate of drug-likeness (QED) is 0.510. The second-order valence-electron chi connectivity index (χ2n) is 6.68. The Bertz CT molecular complexity index is 1110. The fourth-order valence-electron chi connectivity index (χ4n) is 2.83. The molecule has 8 nitrogen and oxygen atoms in total. The fourth-order valence-corrected chi connectivity index (χ4v) is 4.84. The van der Waals surface area contributed by atoms with Crippen LogP contribution in [0.25, 0.3) is 11.4 Å². The van der Waals surface area contributed by atoms with Gasteiger partial charge >= 0.3 is 0 Å². The predicted molar refractivity (Wildman–Crippen MR) is 112 cm³/mol. The first kappa shape index (κ1) is 22.1. The van der Waals surface area contributed by atoms with Crippen molar-refractivity contribution in [1.29, 1.82) is 0 Å². The van der Waals surface area contributed by atoms with E-state index in [0.717, 1.165) is 5.56 Å². The molecule has 2 aromatic carbocycles. The first-order chi connectivity index (χ1) is 14.3. The van der Waals surface area contributed by atoms with Crippen LogP contribution in [0.1, 0.15) is 19.7 Å². The van der Waals surface area contributed by atoms with E-state index in [2.05, 4.69) is 10.1 Å². The molecule has 1 aromatic heterocycles. The Balaban J connectivity index is 1.91. The molecule has 160 valence electrons. The molecule has 0 saturated carbocycles. The van der Waals surface area contributed by atoms with Crippen LogP contribution in [-0.4, -0.2) is 43.1 Å². The zero-order valence-electron chi connectivity index (χ0n) is 17.0. The van der Waals surface area contributed by atoms with Gasteiger partial charge in [-0.25, -0.2) is 8.42 Å². The molecule has 0 atom stereocenters. The van der Waals surface area contributed by atoms with Crippen molar-refractivity contribution in [2.45, 2.75) is 31.3 Å². The van der Waals surface area contributed by atoms with Crippen LogP contribution in [0.2, 0.25) is 5.02 Å². The number of nitrogens with zero attached hydrogens (tertiary/aromatic N) is 3. The molecule has 0 aliphatic heterocycles. The van der Waals surface area contributed by atoms with Crippen molar-refractivity contribution in [1.82, 2.24) is 14.4 Å². The van der Waals surface area contributed by atoms with E-state index in [1.807, 2.05) is 0 Å². The number of benzene rings is 2. The van der Waals surface area contributed by atoms with Crippen LogP contribution in [0.15, 0.2) is 51.9 Å². The van der Waals surface area contributed by atoms with Crippen molar-refractivity contribution in [3.8, 4) is 22.9 Å². The van der Waals surface area contributed by atoms with Crippen LogP contribution in [0, 0.1) is 0 Å². The lowest BCUT2D eigenvalue weighted by molar-refractivity contribution is 0.285. The van der Waals surface area contributed by atoms with Gasteiger partial charge in [0, 0.05) is 16.6 Å². The SMILES string of the molecule is COc1ccc(-c2noc(CN(C(C)C)S(=O)(=O)c3cc(Cl)ccc3OC)n2)cc1. The second kappa shape index (κ2) is 9.03. The van der Waals surface area contributed by atoms with Crippen molar-refractivity contribution in [2.24, 2.45) is 0 Å². The summed E-state index contributed by atoms with van der Waals surface area (Å²) in [4.78, 5) is 4.32. The van der Waals surface area contributed by atoms with Gasteiger partial charge in [0.1, 0.15) is 16.4 Å². The Hall–Kier alpha value is -2.62. The molecule has 0 saturated heterocycles. The lowest BCUT2D eigenvalue weighted by Crippen LogP contribution is -2.36. The number of methoxy groups -OCH3 is 2. The highest BCUT2D eigenvalue weighted by Gasteiger charge is 2.32. The minimum Gasteiger partial charge on any atom is -0.497 e. The predicted octanol–water partition coefficient (Wildman–Crippen LogP) is 4.01. The molecule has 3 aromatic rings. The zero-order chi connectivity index (χ0) is 21.9. The van der Waals surface area contributed by atoms with Crippen molar-refractivity contribution in [3.05, 3.63) is 53.4 Å². The third-order valence-corrected chi connectivity index (χ3v) is 6.67. The smallest absolute Gasteiger partial charge is 0.247 e. The molecule has 0 radical (unpaired) electrons. The highest BCUT2D eigenvalue weighted by atomic mass is 35.5. The van der Waals surface area contributed by atoms with E-state index in [-0.39, 0.29) is 34.1 Å². The first-order valence-electron chi connectivity index (χ1n) is 9.08. The lowest BCUT2D eigenvalue weighted by Gasteiger charge is -2.25. The summed E-state index contributed by atoms with van der Waals surface area (Å²) in [6.07, 6.45) is 0. The molecule has 0 N–H and O–H groups in total. The van der Waals surface area contributed by atoms with Gasteiger partial charge in [0.15, 0.2) is 0 Å². The van der Waals surface area contributed by atoms with Crippen LogP contribution >= 0.6 is 11.6 Å². The Morgan fingerprint density at radius 2 is 1.80 bits per heavy atom. The van der Waals surface area contributed by atoms with Crippen LogP contribution in [-0.2, 0) is 16.6 Å². The Morgan fingerprint density at radius 1 is 1.10 bits per heavy atom. The summed E-state index contributed by atoms with van der Waals surface area (Å²) < 4.78 is 43.6. The van der Waals surface area contributed by atoms with Gasteiger partial charge in [-0.2, -0.15) is 9.29 Å². The molecule has 0 fully saturated rings. The van der Waals surface area contributed by atoms with E-state index in [1.54, 1.807) is 51.3 Å². The van der Waals surface area contributed by atoms with E-state index in [4.69, 9.17) is 25.6 Å². The maximum Gasteiger partial charge on any atom is 0.247 e. The number of rotatable bonds is 8. The van der Waals surface area contributed by atoms with E-state index in [0.29, 0.717) is 11.6 Å². The summed E-state index contributed by atoms with van der Waals surface area (Å²) >= 11 is 6.03. The molecule has 30 heavy (non-hydrogen) atoms. The lowest BCUT2D eigenvalue weighted by atomic mass is 10.2. The molecule has 0 unspecified atom stereocenters. The number of halogens is 1. The van der Waals surface area contributed by atoms with Crippen LogP contribution in [0.3, 0.4) is 0 Å². The van der Waals surface area contributed by atoms with E-state index in [9.17, 15) is 8.42 Å². The van der Waals surface area contributed by atoms with Gasteiger partial charge in [0.2, 0.25) is 21.7 Å². The monoisotopic (exact) mass is 451 g/mol. The number of ether oxygens (including phenoxy) is 2. The highest BCUT2D eigenvalue weighted by molar-refractivity contribution is 7.89. The van der Waals surface area contributed by atoms with Gasteiger partial charge < -0.3 is 14.0 Å². The molecule has 3 rings (SSSR count). The van der Waals surface area contributed by atoms with Gasteiger partial charge in [-0.1, -0.05) is 16.8 Å². The fraction of sp³-hybridized carbons (Fsp3) is 0.300. The first-order valence-corrected chi connectivity index (χ1v) is 10.9. The summed E-state index contributed by atoms with van der Waals surface area (Å²) in [6, 6.07) is 11.2. The number of aromatic nitrogens is 2. The maximum absolute atomic E-state index is 13.3. The van der Waals surface area contributed by atoms with Gasteiger partial charge in [0.25, 0.3) is 0 Å². The number of hydrogen-bond acceptors (Lipinski definition) is 7. The zero-order valence-corrected chi connectivity index (χ0v) is 18.6. The van der Waals surface area contributed by atoms with E-state index < -0.39 is 10.0 Å². The molecule has 10 heteroatoms. The van der Waals surface area contributed by atoms with Crippen molar-refractivity contribution in [2.75, 3.05) is 14.2 Å². The molecule has 0 amide bonds. The third kappa shape index (κ3) is 4.58. The van der Waals surface area contributed by atoms with Crippen LogP contribution < -0.4 is 9.47 Å². The minimum absolute atomic E-state index is 0.0268. The second-order valence-corrected chi connectivity index (χ2v) is 8.97. The standard InChI is InChI=1S/C20H22ClN3O5S/c1-13(2)24(30(25,26)18-11-15(21)7-10-17(18)28-4)12-19-22-20(23-29-19)14-5-8-16(27-3)9-6-14/h5-11,13H,12H2,1-4H3. The summed E-state index contributed by atoms with van der Waals surface area (Å²) in [5.41, 5.74) is 0.723. The van der Waals surface area contributed by atoms with Crippen LogP contribution in [0.5, 0.6) is 11.5 Å². The number of hydrogen-bond donors (Lipinski definition) is 0. The summed E-state index contributed by atoms with van der Waals surface area (Å²) in [6.45, 7) is 3.42. The van der Waals surface area contributed by atoms with E-state index in [1.165, 1.54) is 23.5 Å². The normalized spacial score (nSPS) is 11.8. The minimum atomic E-state index is -3.95. The summed E-state index contributed by atoms with van der Waals surface area (Å²) in [7, 11) is -0.964. The molecule has 1 heterocycles. The summed E-state index contributed by atoms with van der Waals surface area (Å²) in [5.74, 6) is 1.43. The Morgan fingerprint density at radius 3 is 2.40 bits per heavy atom. The maximum atomic E-state index is 13.3. The highest BCUT2D eigenvalue weighted by Crippen LogP contribution is 2.31. The molecule has 0 bridgehead atoms. The van der Waals surface area contributed by atoms with E-state index >= 15 is 0 Å². The van der Waals surface area contributed by atoms with Gasteiger partial charge in [-0.15, -0.1) is 0 Å². The number of sulfonamides is 1. The van der Waals surface area contributed by atoms with Gasteiger partial charge in [-0.05, 0) is 56.3 Å². The van der Waals surface area contributed by atoms with Crippen molar-refractivity contribution < 1.29 is 22.4 Å². The van der Waals surface area contributed by atoms with Crippen molar-refractivity contribution in [3.63, 3.8) is 0 Å². The molecule has 0 aliphatic carbocycles. The molecular formula is C20H22ClN3O5S. The largest absolute Gasteiger partial charge is 0.497 e. The third-order valence-electron chi connectivity index (χ3n) is 4.40. The topological polar surface area (TPSA) is 94.8 Å². The Labute approximate surface area is 180 Å². The molecular weight excluding hydrogens is 430 g/mol. The van der Waals surface area contributed by atoms with Gasteiger partial charge in [-0.3, -0.25) is 0 Å². The molecule has 0 aliphatic rings. The average Bonchev–Trinajstić information content (AvgIpc) is 3.20. The Kier molecular flexibility index (Phi) is 6.64. The van der Waals surface area contributed by atoms with Crippen molar-refractivity contribution >= 4 is 21.6 Å². The summed E-state index contributed by atoms with van der Waals surface area (Å²) in [5, 5.41) is 4.25. The average molecular weight is 452 g/mol.